The summed E-state index contributed by atoms with van der Waals surface area (Å²) in [5, 5.41) is 10.7. The third kappa shape index (κ3) is 3.87. The van der Waals surface area contributed by atoms with Gasteiger partial charge in [-0.05, 0) is 64.0 Å². The van der Waals surface area contributed by atoms with Crippen LogP contribution in [0.3, 0.4) is 0 Å². The van der Waals surface area contributed by atoms with E-state index in [0.29, 0.717) is 16.1 Å². The molecule has 19 heavy (non-hydrogen) atoms. The molecule has 0 aromatic heterocycles. The second kappa shape index (κ2) is 6.15. The van der Waals surface area contributed by atoms with Crippen LogP contribution < -0.4 is 0 Å². The van der Waals surface area contributed by atoms with Crippen molar-refractivity contribution in [2.75, 3.05) is 0 Å². The normalized spacial score (nSPS) is 12.5. The third-order valence-corrected chi connectivity index (χ3v) is 3.89. The molecule has 0 spiro atoms. The molecular weight excluding hydrogens is 385 g/mol. The van der Waals surface area contributed by atoms with Gasteiger partial charge >= 0.3 is 0 Å². The van der Waals surface area contributed by atoms with Crippen LogP contribution >= 0.6 is 34.2 Å². The van der Waals surface area contributed by atoms with Crippen LogP contribution in [0, 0.1) is 15.2 Å². The molecule has 0 radical (unpaired) electrons. The topological polar surface area (TPSA) is 20.2 Å². The summed E-state index contributed by atoms with van der Waals surface area (Å²) >= 11 is 7.96. The lowest BCUT2D eigenvalue weighted by Crippen LogP contribution is -2.04. The van der Waals surface area contributed by atoms with Gasteiger partial charge in [0.05, 0.1) is 6.10 Å². The van der Waals surface area contributed by atoms with Gasteiger partial charge in [0.1, 0.15) is 11.6 Å². The lowest BCUT2D eigenvalue weighted by molar-refractivity contribution is 0.177. The number of aliphatic hydroxyl groups excluding tert-OH is 1. The van der Waals surface area contributed by atoms with Gasteiger partial charge in [-0.3, -0.25) is 0 Å². The summed E-state index contributed by atoms with van der Waals surface area (Å²) in [4.78, 5) is 0. The van der Waals surface area contributed by atoms with Crippen LogP contribution in [0.15, 0.2) is 36.4 Å². The fraction of sp³-hybridized carbons (Fsp3) is 0.143. The van der Waals surface area contributed by atoms with Gasteiger partial charge in [-0.25, -0.2) is 8.78 Å². The van der Waals surface area contributed by atoms with Gasteiger partial charge in [0.25, 0.3) is 0 Å². The van der Waals surface area contributed by atoms with Gasteiger partial charge in [-0.2, -0.15) is 0 Å². The van der Waals surface area contributed by atoms with Crippen molar-refractivity contribution in [2.24, 2.45) is 0 Å². The standard InChI is InChI=1S/C14H10ClF2IO/c15-9-1-2-13(18)12(6-9)14(19)5-8-3-10(16)7-11(17)4-8/h1-4,6-7,14,19H,5H2. The number of hydrogen-bond acceptors (Lipinski definition) is 1. The molecule has 5 heteroatoms. The van der Waals surface area contributed by atoms with Crippen LogP contribution in [0.2, 0.25) is 5.02 Å². The Labute approximate surface area is 128 Å². The van der Waals surface area contributed by atoms with Crippen molar-refractivity contribution >= 4 is 34.2 Å². The molecule has 0 bridgehead atoms. The summed E-state index contributed by atoms with van der Waals surface area (Å²) in [6.07, 6.45) is -0.725. The van der Waals surface area contributed by atoms with Gasteiger partial charge < -0.3 is 5.11 Å². The van der Waals surface area contributed by atoms with Gasteiger partial charge in [0.2, 0.25) is 0 Å². The molecule has 1 N–H and O–H groups in total. The van der Waals surface area contributed by atoms with E-state index < -0.39 is 17.7 Å². The number of hydrogen-bond donors (Lipinski definition) is 1. The van der Waals surface area contributed by atoms with E-state index in [1.807, 2.05) is 0 Å². The van der Waals surface area contributed by atoms with Crippen molar-refractivity contribution in [3.63, 3.8) is 0 Å². The molecule has 0 saturated carbocycles. The number of halogens is 4. The first-order chi connectivity index (χ1) is 8.95. The van der Waals surface area contributed by atoms with Gasteiger partial charge in [-0.1, -0.05) is 11.6 Å². The Morgan fingerprint density at radius 1 is 1.11 bits per heavy atom. The smallest absolute Gasteiger partial charge is 0.126 e. The molecule has 0 aliphatic carbocycles. The molecule has 2 rings (SSSR count). The van der Waals surface area contributed by atoms with Crippen LogP contribution in [0.5, 0.6) is 0 Å². The third-order valence-electron chi connectivity index (χ3n) is 2.67. The molecule has 0 heterocycles. The van der Waals surface area contributed by atoms with Gasteiger partial charge in [0.15, 0.2) is 0 Å². The fourth-order valence-corrected chi connectivity index (χ4v) is 2.71. The Hall–Kier alpha value is -0.720. The molecule has 2 aromatic carbocycles. The summed E-state index contributed by atoms with van der Waals surface area (Å²) < 4.78 is 27.0. The van der Waals surface area contributed by atoms with E-state index in [4.69, 9.17) is 11.6 Å². The highest BCUT2D eigenvalue weighted by Crippen LogP contribution is 2.26. The SMILES string of the molecule is OC(Cc1cc(F)cc(F)c1)c1cc(Cl)ccc1I. The number of rotatable bonds is 3. The Morgan fingerprint density at radius 2 is 1.74 bits per heavy atom. The molecule has 0 aliphatic rings. The minimum atomic E-state index is -0.855. The average molecular weight is 395 g/mol. The fourth-order valence-electron chi connectivity index (χ4n) is 1.83. The van der Waals surface area contributed by atoms with Gasteiger partial charge in [0, 0.05) is 21.1 Å². The van der Waals surface area contributed by atoms with Crippen LogP contribution in [-0.2, 0) is 6.42 Å². The zero-order chi connectivity index (χ0) is 14.0. The van der Waals surface area contributed by atoms with Crippen molar-refractivity contribution < 1.29 is 13.9 Å². The second-order valence-corrected chi connectivity index (χ2v) is 5.76. The Kier molecular flexibility index (Phi) is 4.76. The van der Waals surface area contributed by atoms with E-state index in [9.17, 15) is 13.9 Å². The van der Waals surface area contributed by atoms with Crippen LogP contribution in [0.25, 0.3) is 0 Å². The minimum absolute atomic E-state index is 0.130. The van der Waals surface area contributed by atoms with E-state index in [1.165, 1.54) is 12.1 Å². The molecule has 1 unspecified atom stereocenters. The zero-order valence-corrected chi connectivity index (χ0v) is 12.6. The van der Waals surface area contributed by atoms with Crippen LogP contribution in [0.4, 0.5) is 8.78 Å². The maximum absolute atomic E-state index is 13.1. The molecule has 2 aromatic rings. The van der Waals surface area contributed by atoms with Crippen LogP contribution in [0.1, 0.15) is 17.2 Å². The highest BCUT2D eigenvalue weighted by Gasteiger charge is 2.13. The monoisotopic (exact) mass is 394 g/mol. The van der Waals surface area contributed by atoms with E-state index in [2.05, 4.69) is 22.6 Å². The van der Waals surface area contributed by atoms with Crippen molar-refractivity contribution in [1.82, 2.24) is 0 Å². The molecule has 100 valence electrons. The summed E-state index contributed by atoms with van der Waals surface area (Å²) in [5.74, 6) is -1.30. The zero-order valence-electron chi connectivity index (χ0n) is 9.71. The second-order valence-electron chi connectivity index (χ2n) is 4.16. The molecule has 0 aliphatic heterocycles. The highest BCUT2D eigenvalue weighted by atomic mass is 127. The first kappa shape index (κ1) is 14.7. The summed E-state index contributed by atoms with van der Waals surface area (Å²) in [5.41, 5.74) is 1.05. The Bertz CT molecular complexity index is 584. The Morgan fingerprint density at radius 3 is 2.37 bits per heavy atom. The van der Waals surface area contributed by atoms with E-state index in [0.717, 1.165) is 9.64 Å². The Balaban J connectivity index is 2.25. The first-order valence-corrected chi connectivity index (χ1v) is 6.99. The molecule has 0 fully saturated rings. The van der Waals surface area contributed by atoms with Crippen molar-refractivity contribution in [1.29, 1.82) is 0 Å². The van der Waals surface area contributed by atoms with E-state index in [-0.39, 0.29) is 6.42 Å². The largest absolute Gasteiger partial charge is 0.388 e. The lowest BCUT2D eigenvalue weighted by atomic mass is 10.0. The predicted molar refractivity (Wildman–Crippen MR) is 79.2 cm³/mol. The van der Waals surface area contributed by atoms with Crippen molar-refractivity contribution in [3.8, 4) is 0 Å². The number of aliphatic hydroxyl groups is 1. The van der Waals surface area contributed by atoms with E-state index >= 15 is 0 Å². The molecule has 0 saturated heterocycles. The van der Waals surface area contributed by atoms with Crippen LogP contribution in [-0.4, -0.2) is 5.11 Å². The van der Waals surface area contributed by atoms with Crippen molar-refractivity contribution in [3.05, 3.63) is 67.8 Å². The predicted octanol–water partition coefficient (Wildman–Crippen LogP) is 4.50. The van der Waals surface area contributed by atoms with E-state index in [1.54, 1.807) is 18.2 Å². The maximum Gasteiger partial charge on any atom is 0.126 e. The molecule has 1 atom stereocenters. The quantitative estimate of drug-likeness (QED) is 0.760. The summed E-state index contributed by atoms with van der Waals surface area (Å²) in [7, 11) is 0. The molecule has 0 amide bonds. The first-order valence-electron chi connectivity index (χ1n) is 5.53. The highest BCUT2D eigenvalue weighted by molar-refractivity contribution is 14.1. The molecular formula is C14H10ClF2IO. The maximum atomic E-state index is 13.1. The van der Waals surface area contributed by atoms with Gasteiger partial charge in [-0.15, -0.1) is 0 Å². The summed E-state index contributed by atoms with van der Waals surface area (Å²) in [6.45, 7) is 0. The molecule has 1 nitrogen and oxygen atoms in total. The summed E-state index contributed by atoms with van der Waals surface area (Å²) in [6, 6.07) is 8.39. The number of benzene rings is 2. The van der Waals surface area contributed by atoms with Crippen molar-refractivity contribution in [2.45, 2.75) is 12.5 Å². The lowest BCUT2D eigenvalue weighted by Gasteiger charge is -2.13. The minimum Gasteiger partial charge on any atom is -0.388 e. The average Bonchev–Trinajstić information content (AvgIpc) is 2.30.